The smallest absolute Gasteiger partial charge is 0.271 e. The van der Waals surface area contributed by atoms with Gasteiger partial charge in [0, 0.05) is 17.8 Å². The highest BCUT2D eigenvalue weighted by Crippen LogP contribution is 2.38. The summed E-state index contributed by atoms with van der Waals surface area (Å²) in [7, 11) is 0. The molecule has 1 aliphatic carbocycles. The molecule has 1 aromatic carbocycles. The maximum absolute atomic E-state index is 12.6. The molecule has 7 nitrogen and oxygen atoms in total. The first-order valence-electron chi connectivity index (χ1n) is 8.48. The van der Waals surface area contributed by atoms with Crippen LogP contribution in [0.25, 0.3) is 10.9 Å². The summed E-state index contributed by atoms with van der Waals surface area (Å²) in [6, 6.07) is 9.51. The molecule has 3 N–H and O–H groups in total. The molecule has 1 saturated carbocycles. The van der Waals surface area contributed by atoms with Gasteiger partial charge in [-0.3, -0.25) is 14.6 Å². The number of fused-ring (bicyclic) bond motifs is 1. The first-order chi connectivity index (χ1) is 12.6. The van der Waals surface area contributed by atoms with Crippen molar-refractivity contribution in [2.45, 2.75) is 25.0 Å². The molecule has 0 radical (unpaired) electrons. The first kappa shape index (κ1) is 16.4. The van der Waals surface area contributed by atoms with Gasteiger partial charge >= 0.3 is 0 Å². The van der Waals surface area contributed by atoms with E-state index >= 15 is 0 Å². The molecule has 0 spiro atoms. The van der Waals surface area contributed by atoms with E-state index in [2.05, 4.69) is 20.3 Å². The number of carbonyl (C=O) groups is 1. The van der Waals surface area contributed by atoms with E-state index in [4.69, 9.17) is 0 Å². The van der Waals surface area contributed by atoms with E-state index in [1.54, 1.807) is 6.20 Å². The van der Waals surface area contributed by atoms with E-state index < -0.39 is 0 Å². The van der Waals surface area contributed by atoms with Gasteiger partial charge in [-0.05, 0) is 36.5 Å². The Balaban J connectivity index is 1.64. The van der Waals surface area contributed by atoms with Crippen molar-refractivity contribution < 1.29 is 9.90 Å². The van der Waals surface area contributed by atoms with Crippen LogP contribution < -0.4 is 10.9 Å². The van der Waals surface area contributed by atoms with Crippen LogP contribution in [0.3, 0.4) is 0 Å². The average molecular weight is 350 g/mol. The topological polar surface area (TPSA) is 108 Å². The molecule has 132 valence electrons. The zero-order valence-electron chi connectivity index (χ0n) is 13.9. The molecular formula is C19H18N4O3. The molecule has 0 unspecified atom stereocenters. The van der Waals surface area contributed by atoms with Crippen molar-refractivity contribution in [1.82, 2.24) is 20.3 Å². The molecule has 7 heteroatoms. The first-order valence-corrected chi connectivity index (χ1v) is 8.48. The largest absolute Gasteiger partial charge is 0.393 e. The zero-order valence-corrected chi connectivity index (χ0v) is 13.9. The lowest BCUT2D eigenvalue weighted by atomic mass is 9.75. The van der Waals surface area contributed by atoms with Crippen molar-refractivity contribution in [2.24, 2.45) is 5.92 Å². The number of hydrogen-bond acceptors (Lipinski definition) is 5. The summed E-state index contributed by atoms with van der Waals surface area (Å²) in [5.74, 6) is -0.250. The van der Waals surface area contributed by atoms with Crippen molar-refractivity contribution in [2.75, 3.05) is 0 Å². The number of benzene rings is 1. The van der Waals surface area contributed by atoms with Crippen LogP contribution in [0.1, 0.15) is 34.9 Å². The Morgan fingerprint density at radius 3 is 2.77 bits per heavy atom. The van der Waals surface area contributed by atoms with Crippen LogP contribution in [0.5, 0.6) is 0 Å². The average Bonchev–Trinajstić information content (AvgIpc) is 2.64. The molecule has 4 rings (SSSR count). The van der Waals surface area contributed by atoms with E-state index in [-0.39, 0.29) is 35.2 Å². The molecule has 1 fully saturated rings. The van der Waals surface area contributed by atoms with Gasteiger partial charge in [-0.25, -0.2) is 4.98 Å². The number of aliphatic hydroxyl groups is 1. The number of aromatic nitrogens is 3. The van der Waals surface area contributed by atoms with Gasteiger partial charge < -0.3 is 15.4 Å². The summed E-state index contributed by atoms with van der Waals surface area (Å²) < 4.78 is 0. The van der Waals surface area contributed by atoms with Crippen molar-refractivity contribution in [3.63, 3.8) is 0 Å². The number of amides is 1. The van der Waals surface area contributed by atoms with Crippen LogP contribution in [-0.4, -0.2) is 32.1 Å². The lowest BCUT2D eigenvalue weighted by Crippen LogP contribution is -2.41. The number of rotatable bonds is 4. The number of nitrogens with one attached hydrogen (secondary N) is 2. The van der Waals surface area contributed by atoms with Gasteiger partial charge in [0.25, 0.3) is 11.5 Å². The SMILES string of the molecule is O=C(N[C@@H](c1cnc2ccccc2c1)C1CC(O)C1)c1c[nH]c(=O)cn1. The predicted octanol–water partition coefficient (Wildman–Crippen LogP) is 1.56. The van der Waals surface area contributed by atoms with Crippen LogP contribution in [0, 0.1) is 5.92 Å². The molecular weight excluding hydrogens is 332 g/mol. The standard InChI is InChI=1S/C19H18N4O3/c24-14-6-12(7-14)18(23-19(26)16-9-22-17(25)10-21-16)13-5-11-3-1-2-4-15(11)20-8-13/h1-5,8-10,12,14,18,24H,6-7H2,(H,22,25)(H,23,26)/t12?,14?,18-/m1/s1. The van der Waals surface area contributed by atoms with Crippen molar-refractivity contribution in [3.8, 4) is 0 Å². The summed E-state index contributed by atoms with van der Waals surface area (Å²) in [5, 5.41) is 13.7. The fraction of sp³-hybridized carbons (Fsp3) is 0.263. The second-order valence-electron chi connectivity index (χ2n) is 6.59. The Kier molecular flexibility index (Phi) is 4.22. The van der Waals surface area contributed by atoms with E-state index in [0.29, 0.717) is 12.8 Å². The predicted molar refractivity (Wildman–Crippen MR) is 95.5 cm³/mol. The Labute approximate surface area is 149 Å². The summed E-state index contributed by atoms with van der Waals surface area (Å²) >= 11 is 0. The van der Waals surface area contributed by atoms with Gasteiger partial charge in [0.15, 0.2) is 0 Å². The second-order valence-corrected chi connectivity index (χ2v) is 6.59. The quantitative estimate of drug-likeness (QED) is 0.662. The summed E-state index contributed by atoms with van der Waals surface area (Å²) in [6.45, 7) is 0. The third-order valence-electron chi connectivity index (χ3n) is 4.78. The number of pyridine rings is 1. The fourth-order valence-electron chi connectivity index (χ4n) is 3.32. The summed E-state index contributed by atoms with van der Waals surface area (Å²) in [6.07, 6.45) is 5.04. The molecule has 2 heterocycles. The van der Waals surface area contributed by atoms with Crippen molar-refractivity contribution in [3.05, 3.63) is 70.5 Å². The maximum Gasteiger partial charge on any atom is 0.271 e. The molecule has 1 aliphatic rings. The highest BCUT2D eigenvalue weighted by molar-refractivity contribution is 5.92. The molecule has 1 atom stereocenters. The van der Waals surface area contributed by atoms with E-state index in [0.717, 1.165) is 22.7 Å². The number of para-hydroxylation sites is 1. The number of aromatic amines is 1. The number of aliphatic hydroxyl groups excluding tert-OH is 1. The molecule has 0 saturated heterocycles. The zero-order chi connectivity index (χ0) is 18.1. The van der Waals surface area contributed by atoms with Crippen LogP contribution in [0.15, 0.2) is 53.7 Å². The third kappa shape index (κ3) is 3.21. The maximum atomic E-state index is 12.6. The Morgan fingerprint density at radius 2 is 2.04 bits per heavy atom. The number of nitrogens with zero attached hydrogens (tertiary/aromatic N) is 2. The molecule has 0 aliphatic heterocycles. The Hall–Kier alpha value is -3.06. The third-order valence-corrected chi connectivity index (χ3v) is 4.78. The van der Waals surface area contributed by atoms with Gasteiger partial charge in [0.2, 0.25) is 0 Å². The van der Waals surface area contributed by atoms with E-state index in [1.807, 2.05) is 30.3 Å². The van der Waals surface area contributed by atoms with Gasteiger partial charge in [0.05, 0.1) is 23.9 Å². The second kappa shape index (κ2) is 6.68. The van der Waals surface area contributed by atoms with Gasteiger partial charge in [0.1, 0.15) is 5.69 Å². The lowest BCUT2D eigenvalue weighted by Gasteiger charge is -2.38. The monoisotopic (exact) mass is 350 g/mol. The van der Waals surface area contributed by atoms with E-state index in [9.17, 15) is 14.7 Å². The highest BCUT2D eigenvalue weighted by Gasteiger charge is 2.36. The Bertz CT molecular complexity index is 990. The minimum absolute atomic E-state index is 0.125. The molecule has 1 amide bonds. The molecule has 2 aromatic heterocycles. The van der Waals surface area contributed by atoms with Gasteiger partial charge in [-0.2, -0.15) is 0 Å². The summed E-state index contributed by atoms with van der Waals surface area (Å²) in [4.78, 5) is 34.5. The molecule has 26 heavy (non-hydrogen) atoms. The van der Waals surface area contributed by atoms with Crippen LogP contribution >= 0.6 is 0 Å². The normalized spacial score (nSPS) is 20.3. The van der Waals surface area contributed by atoms with Crippen molar-refractivity contribution in [1.29, 1.82) is 0 Å². The van der Waals surface area contributed by atoms with Crippen LogP contribution in [0.4, 0.5) is 0 Å². The van der Waals surface area contributed by atoms with Gasteiger partial charge in [-0.1, -0.05) is 18.2 Å². The molecule has 0 bridgehead atoms. The lowest BCUT2D eigenvalue weighted by molar-refractivity contribution is 0.0234. The van der Waals surface area contributed by atoms with Gasteiger partial charge in [-0.15, -0.1) is 0 Å². The Morgan fingerprint density at radius 1 is 1.23 bits per heavy atom. The molecule has 3 aromatic rings. The number of carbonyl (C=O) groups excluding carboxylic acids is 1. The van der Waals surface area contributed by atoms with Crippen LogP contribution in [-0.2, 0) is 0 Å². The number of hydrogen-bond donors (Lipinski definition) is 3. The minimum Gasteiger partial charge on any atom is -0.393 e. The van der Waals surface area contributed by atoms with Crippen molar-refractivity contribution >= 4 is 16.8 Å². The highest BCUT2D eigenvalue weighted by atomic mass is 16.3. The minimum atomic E-state index is -0.374. The van der Waals surface area contributed by atoms with E-state index in [1.165, 1.54) is 6.20 Å². The summed E-state index contributed by atoms with van der Waals surface area (Å²) in [5.41, 5.74) is 1.55. The number of H-pyrrole nitrogens is 1. The van der Waals surface area contributed by atoms with Crippen LogP contribution in [0.2, 0.25) is 0 Å². The fourth-order valence-corrected chi connectivity index (χ4v) is 3.32.